The molecule has 0 amide bonds. The van der Waals surface area contributed by atoms with Crippen molar-refractivity contribution in [2.45, 2.75) is 71.8 Å². The topological polar surface area (TPSA) is 12.5 Å². The molecule has 0 aliphatic heterocycles. The number of unbranched alkanes of at least 4 members (excludes halogenated alkanes) is 3. The third-order valence-corrected chi connectivity index (χ3v) is 3.61. The lowest BCUT2D eigenvalue weighted by Gasteiger charge is -2.18. The number of ether oxygens (including phenoxy) is 1. The zero-order valence-electron chi connectivity index (χ0n) is 12.5. The number of methoxy groups -OCH3 is 1. The highest BCUT2D eigenvalue weighted by atomic mass is 16.5. The maximum absolute atomic E-state index is 5.51. The summed E-state index contributed by atoms with van der Waals surface area (Å²) in [6, 6.07) is 0. The smallest absolute Gasteiger partial charge is 0.0571 e. The molecule has 0 spiro atoms. The average molecular weight is 243 g/mol. The SMILES string of the molecule is CCCC[C@@H](CCCCCN(CC)CC)OC. The second-order valence-electron chi connectivity index (χ2n) is 4.88. The lowest BCUT2D eigenvalue weighted by Crippen LogP contribution is -2.23. The molecule has 1 atom stereocenters. The molecule has 0 aliphatic carbocycles. The molecule has 0 bridgehead atoms. The second-order valence-corrected chi connectivity index (χ2v) is 4.88. The fraction of sp³-hybridized carbons (Fsp3) is 1.00. The molecule has 0 aromatic rings. The van der Waals surface area contributed by atoms with Gasteiger partial charge < -0.3 is 9.64 Å². The van der Waals surface area contributed by atoms with E-state index in [-0.39, 0.29) is 0 Å². The van der Waals surface area contributed by atoms with Crippen LogP contribution in [0.25, 0.3) is 0 Å². The Morgan fingerprint density at radius 3 is 2.06 bits per heavy atom. The minimum absolute atomic E-state index is 0.503. The number of hydrogen-bond donors (Lipinski definition) is 0. The molecule has 0 heterocycles. The van der Waals surface area contributed by atoms with Crippen LogP contribution < -0.4 is 0 Å². The van der Waals surface area contributed by atoms with Crippen LogP contribution >= 0.6 is 0 Å². The van der Waals surface area contributed by atoms with Crippen molar-refractivity contribution in [2.75, 3.05) is 26.7 Å². The first-order valence-corrected chi connectivity index (χ1v) is 7.53. The van der Waals surface area contributed by atoms with Crippen LogP contribution in [0.15, 0.2) is 0 Å². The predicted molar refractivity (Wildman–Crippen MR) is 76.6 cm³/mol. The third kappa shape index (κ3) is 9.61. The summed E-state index contributed by atoms with van der Waals surface area (Å²) in [7, 11) is 1.86. The zero-order valence-corrected chi connectivity index (χ0v) is 12.5. The van der Waals surface area contributed by atoms with Crippen molar-refractivity contribution in [3.63, 3.8) is 0 Å². The van der Waals surface area contributed by atoms with Crippen molar-refractivity contribution in [2.24, 2.45) is 0 Å². The Balaban J connectivity index is 3.41. The standard InChI is InChI=1S/C15H33NO/c1-5-8-12-15(17-4)13-10-9-11-14-16(6-2)7-3/h15H,5-14H2,1-4H3/t15-/m0/s1. The van der Waals surface area contributed by atoms with E-state index >= 15 is 0 Å². The minimum atomic E-state index is 0.503. The highest BCUT2D eigenvalue weighted by Crippen LogP contribution is 2.12. The van der Waals surface area contributed by atoms with Crippen LogP contribution in [0.5, 0.6) is 0 Å². The molecule has 0 aromatic heterocycles. The van der Waals surface area contributed by atoms with E-state index in [2.05, 4.69) is 25.7 Å². The molecule has 0 N–H and O–H groups in total. The van der Waals surface area contributed by atoms with Gasteiger partial charge in [0.25, 0.3) is 0 Å². The summed E-state index contributed by atoms with van der Waals surface area (Å²) in [5.74, 6) is 0. The van der Waals surface area contributed by atoms with Gasteiger partial charge in [0.2, 0.25) is 0 Å². The van der Waals surface area contributed by atoms with Crippen LogP contribution in [0.3, 0.4) is 0 Å². The van der Waals surface area contributed by atoms with Crippen molar-refractivity contribution in [3.8, 4) is 0 Å². The van der Waals surface area contributed by atoms with E-state index in [1.165, 1.54) is 64.6 Å². The predicted octanol–water partition coefficient (Wildman–Crippen LogP) is 4.09. The molecule has 2 nitrogen and oxygen atoms in total. The monoisotopic (exact) mass is 243 g/mol. The van der Waals surface area contributed by atoms with E-state index < -0.39 is 0 Å². The first-order chi connectivity index (χ1) is 8.28. The molecule has 0 aromatic carbocycles. The summed E-state index contributed by atoms with van der Waals surface area (Å²) in [6.07, 6.45) is 9.58. The second kappa shape index (κ2) is 12.4. The quantitative estimate of drug-likeness (QED) is 0.479. The van der Waals surface area contributed by atoms with Crippen LogP contribution in [-0.2, 0) is 4.74 Å². The van der Waals surface area contributed by atoms with Gasteiger partial charge in [0.1, 0.15) is 0 Å². The average Bonchev–Trinajstić information content (AvgIpc) is 2.37. The van der Waals surface area contributed by atoms with Gasteiger partial charge in [-0.1, -0.05) is 46.5 Å². The Bertz CT molecular complexity index is 146. The van der Waals surface area contributed by atoms with E-state index in [1.54, 1.807) is 0 Å². The van der Waals surface area contributed by atoms with Gasteiger partial charge in [0, 0.05) is 7.11 Å². The van der Waals surface area contributed by atoms with E-state index in [4.69, 9.17) is 4.74 Å². The normalized spacial score (nSPS) is 13.2. The summed E-state index contributed by atoms with van der Waals surface area (Å²) in [5, 5.41) is 0. The minimum Gasteiger partial charge on any atom is -0.381 e. The fourth-order valence-electron chi connectivity index (χ4n) is 2.24. The van der Waals surface area contributed by atoms with Gasteiger partial charge in [-0.25, -0.2) is 0 Å². The molecule has 0 saturated carbocycles. The molecule has 0 saturated heterocycles. The summed E-state index contributed by atoms with van der Waals surface area (Å²) < 4.78 is 5.51. The van der Waals surface area contributed by atoms with Gasteiger partial charge in [-0.05, 0) is 38.9 Å². The Morgan fingerprint density at radius 2 is 1.53 bits per heavy atom. The number of hydrogen-bond acceptors (Lipinski definition) is 2. The van der Waals surface area contributed by atoms with Gasteiger partial charge >= 0.3 is 0 Å². The molecule has 17 heavy (non-hydrogen) atoms. The molecule has 0 rings (SSSR count). The van der Waals surface area contributed by atoms with Crippen molar-refractivity contribution in [1.82, 2.24) is 4.90 Å². The zero-order chi connectivity index (χ0) is 12.9. The summed E-state index contributed by atoms with van der Waals surface area (Å²) in [5.41, 5.74) is 0. The first kappa shape index (κ1) is 16.9. The van der Waals surface area contributed by atoms with Crippen LogP contribution in [0, 0.1) is 0 Å². The Kier molecular flexibility index (Phi) is 12.3. The summed E-state index contributed by atoms with van der Waals surface area (Å²) in [4.78, 5) is 2.50. The van der Waals surface area contributed by atoms with Crippen molar-refractivity contribution >= 4 is 0 Å². The van der Waals surface area contributed by atoms with Gasteiger partial charge in [-0.2, -0.15) is 0 Å². The Hall–Kier alpha value is -0.0800. The van der Waals surface area contributed by atoms with Gasteiger partial charge in [-0.15, -0.1) is 0 Å². The van der Waals surface area contributed by atoms with E-state index in [9.17, 15) is 0 Å². The molecule has 2 heteroatoms. The lowest BCUT2D eigenvalue weighted by atomic mass is 10.1. The largest absolute Gasteiger partial charge is 0.381 e. The first-order valence-electron chi connectivity index (χ1n) is 7.53. The van der Waals surface area contributed by atoms with Crippen LogP contribution in [0.4, 0.5) is 0 Å². The van der Waals surface area contributed by atoms with Gasteiger partial charge in [-0.3, -0.25) is 0 Å². The van der Waals surface area contributed by atoms with E-state index in [0.29, 0.717) is 6.10 Å². The highest BCUT2D eigenvalue weighted by molar-refractivity contribution is 4.59. The lowest BCUT2D eigenvalue weighted by molar-refractivity contribution is 0.0834. The Labute approximate surface area is 109 Å². The van der Waals surface area contributed by atoms with Crippen molar-refractivity contribution in [3.05, 3.63) is 0 Å². The highest BCUT2D eigenvalue weighted by Gasteiger charge is 2.06. The molecule has 0 aliphatic rings. The number of rotatable bonds is 12. The summed E-state index contributed by atoms with van der Waals surface area (Å²) in [6.45, 7) is 10.4. The molecule has 0 unspecified atom stereocenters. The third-order valence-electron chi connectivity index (χ3n) is 3.61. The van der Waals surface area contributed by atoms with Crippen molar-refractivity contribution < 1.29 is 4.74 Å². The summed E-state index contributed by atoms with van der Waals surface area (Å²) >= 11 is 0. The van der Waals surface area contributed by atoms with Crippen molar-refractivity contribution in [1.29, 1.82) is 0 Å². The maximum atomic E-state index is 5.51. The molecule has 104 valence electrons. The van der Waals surface area contributed by atoms with Gasteiger partial charge in [0.15, 0.2) is 0 Å². The van der Waals surface area contributed by atoms with Crippen LogP contribution in [-0.4, -0.2) is 37.7 Å². The maximum Gasteiger partial charge on any atom is 0.0571 e. The van der Waals surface area contributed by atoms with Gasteiger partial charge in [0.05, 0.1) is 6.10 Å². The molecular formula is C15H33NO. The Morgan fingerprint density at radius 1 is 0.882 bits per heavy atom. The van der Waals surface area contributed by atoms with E-state index in [0.717, 1.165) is 0 Å². The molecule has 0 fully saturated rings. The molecule has 0 radical (unpaired) electrons. The molecular weight excluding hydrogens is 210 g/mol. The number of nitrogens with zero attached hydrogens (tertiary/aromatic N) is 1. The van der Waals surface area contributed by atoms with E-state index in [1.807, 2.05) is 7.11 Å². The van der Waals surface area contributed by atoms with Crippen LogP contribution in [0.1, 0.15) is 65.7 Å². The fourth-order valence-corrected chi connectivity index (χ4v) is 2.24. The van der Waals surface area contributed by atoms with Crippen LogP contribution in [0.2, 0.25) is 0 Å².